The molecule has 3 aliphatic heterocycles. The van der Waals surface area contributed by atoms with Crippen LogP contribution in [0.1, 0.15) is 18.9 Å². The van der Waals surface area contributed by atoms with Crippen molar-refractivity contribution in [2.24, 2.45) is 23.7 Å². The number of likely N-dealkylation sites (tertiary alicyclic amines) is 2. The molecule has 166 valence electrons. The minimum atomic E-state index is -0.296. The molecule has 0 spiro atoms. The van der Waals surface area contributed by atoms with E-state index >= 15 is 0 Å². The van der Waals surface area contributed by atoms with Crippen molar-refractivity contribution in [2.75, 3.05) is 32.8 Å². The number of carbonyl (C=O) groups excluding carboxylic acids is 2. The second kappa shape index (κ2) is 7.47. The highest BCUT2D eigenvalue weighted by atomic mass is 16.5. The Morgan fingerprint density at radius 2 is 2.00 bits per heavy atom. The molecule has 5 heterocycles. The zero-order chi connectivity index (χ0) is 21.8. The summed E-state index contributed by atoms with van der Waals surface area (Å²) >= 11 is 0. The molecule has 32 heavy (non-hydrogen) atoms. The van der Waals surface area contributed by atoms with E-state index in [4.69, 9.17) is 4.74 Å². The molecular formula is C22H25N7O3. The largest absolute Gasteiger partial charge is 0.456 e. The number of tetrazole rings is 1. The van der Waals surface area contributed by atoms with Crippen LogP contribution >= 0.6 is 0 Å². The number of amides is 1. The third-order valence-electron chi connectivity index (χ3n) is 7.55. The molecule has 1 aliphatic carbocycles. The van der Waals surface area contributed by atoms with Crippen LogP contribution in [0.15, 0.2) is 35.9 Å². The summed E-state index contributed by atoms with van der Waals surface area (Å²) in [6, 6.07) is 4.02. The van der Waals surface area contributed by atoms with E-state index in [1.807, 2.05) is 17.2 Å². The number of nitrogens with zero attached hydrogens (tertiary/aromatic N) is 7. The first-order valence-electron chi connectivity index (χ1n) is 11.2. The fourth-order valence-corrected chi connectivity index (χ4v) is 5.80. The van der Waals surface area contributed by atoms with Gasteiger partial charge >= 0.3 is 5.97 Å². The van der Waals surface area contributed by atoms with Crippen LogP contribution in [0.5, 0.6) is 0 Å². The Kier molecular flexibility index (Phi) is 4.56. The number of rotatable bonds is 6. The Labute approximate surface area is 185 Å². The number of pyridine rings is 1. The Morgan fingerprint density at radius 3 is 2.66 bits per heavy atom. The lowest BCUT2D eigenvalue weighted by atomic mass is 9.98. The van der Waals surface area contributed by atoms with E-state index in [0.717, 1.165) is 38.3 Å². The summed E-state index contributed by atoms with van der Waals surface area (Å²) in [7, 11) is 0. The predicted octanol–water partition coefficient (Wildman–Crippen LogP) is 0.457. The molecule has 3 fully saturated rings. The molecular weight excluding hydrogens is 410 g/mol. The topological polar surface area (TPSA) is 106 Å². The van der Waals surface area contributed by atoms with Crippen LogP contribution in [-0.2, 0) is 20.7 Å². The highest BCUT2D eigenvalue weighted by molar-refractivity contribution is 5.93. The molecule has 0 N–H and O–H groups in total. The molecule has 10 heteroatoms. The number of hydrogen-bond donors (Lipinski definition) is 0. The van der Waals surface area contributed by atoms with Crippen molar-refractivity contribution >= 4 is 11.9 Å². The average molecular weight is 435 g/mol. The molecule has 10 nitrogen and oxygen atoms in total. The highest BCUT2D eigenvalue weighted by Gasteiger charge is 2.60. The molecule has 0 aromatic carbocycles. The Balaban J connectivity index is 0.999. The molecule has 2 aromatic rings. The van der Waals surface area contributed by atoms with Crippen LogP contribution in [0.25, 0.3) is 5.82 Å². The molecule has 2 aromatic heterocycles. The number of piperidine rings is 1. The quantitative estimate of drug-likeness (QED) is 0.603. The zero-order valence-corrected chi connectivity index (χ0v) is 17.9. The van der Waals surface area contributed by atoms with E-state index in [1.54, 1.807) is 11.6 Å². The van der Waals surface area contributed by atoms with Gasteiger partial charge in [0.2, 0.25) is 5.91 Å². The number of ether oxygens (including phenoxy) is 1. The fraction of sp³-hybridized carbons (Fsp3) is 0.545. The number of carbonyl (C=O) groups is 2. The number of hydrogen-bond acceptors (Lipinski definition) is 8. The smallest absolute Gasteiger partial charge is 0.336 e. The van der Waals surface area contributed by atoms with Gasteiger partial charge in [0, 0.05) is 38.8 Å². The lowest BCUT2D eigenvalue weighted by Gasteiger charge is -2.22. The highest BCUT2D eigenvalue weighted by Crippen LogP contribution is 2.57. The summed E-state index contributed by atoms with van der Waals surface area (Å²) in [5.74, 6) is 2.99. The van der Waals surface area contributed by atoms with E-state index < -0.39 is 0 Å². The van der Waals surface area contributed by atoms with Gasteiger partial charge in [-0.25, -0.2) is 9.78 Å². The second-order valence-electron chi connectivity index (χ2n) is 9.31. The maximum Gasteiger partial charge on any atom is 0.336 e. The minimum Gasteiger partial charge on any atom is -0.456 e. The van der Waals surface area contributed by atoms with Crippen LogP contribution in [0.2, 0.25) is 0 Å². The van der Waals surface area contributed by atoms with E-state index in [-0.39, 0.29) is 18.5 Å². The predicted molar refractivity (Wildman–Crippen MR) is 111 cm³/mol. The van der Waals surface area contributed by atoms with E-state index in [9.17, 15) is 9.59 Å². The molecule has 2 saturated heterocycles. The molecule has 0 bridgehead atoms. The van der Waals surface area contributed by atoms with Crippen LogP contribution in [0.4, 0.5) is 0 Å². The van der Waals surface area contributed by atoms with Crippen molar-refractivity contribution < 1.29 is 14.3 Å². The Bertz CT molecular complexity index is 1070. The average Bonchev–Trinajstić information content (AvgIpc) is 3.36. The minimum absolute atomic E-state index is 0.141. The number of fused-ring (bicyclic) bond motifs is 1. The lowest BCUT2D eigenvalue weighted by Crippen LogP contribution is -2.29. The molecule has 4 aliphatic rings. The SMILES string of the molecule is CC1=C(N2CC(C3C4CN(CCc5ccc(-n6cnnn6)nc5)CC43)CC2=O)COC1=O. The van der Waals surface area contributed by atoms with Crippen molar-refractivity contribution in [2.45, 2.75) is 19.8 Å². The molecule has 3 unspecified atom stereocenters. The van der Waals surface area contributed by atoms with Crippen molar-refractivity contribution in [3.05, 3.63) is 41.5 Å². The number of esters is 1. The van der Waals surface area contributed by atoms with E-state index in [1.165, 1.54) is 11.9 Å². The van der Waals surface area contributed by atoms with Crippen molar-refractivity contribution in [1.29, 1.82) is 0 Å². The first kappa shape index (κ1) is 19.5. The summed E-state index contributed by atoms with van der Waals surface area (Å²) in [5, 5.41) is 11.1. The summed E-state index contributed by atoms with van der Waals surface area (Å²) in [6.07, 6.45) is 4.99. The van der Waals surface area contributed by atoms with Gasteiger partial charge < -0.3 is 14.5 Å². The molecule has 3 atom stereocenters. The second-order valence-corrected chi connectivity index (χ2v) is 9.31. The van der Waals surface area contributed by atoms with Gasteiger partial charge in [0.1, 0.15) is 12.9 Å². The first-order chi connectivity index (χ1) is 15.6. The van der Waals surface area contributed by atoms with E-state index in [0.29, 0.717) is 41.5 Å². The Hall–Kier alpha value is -3.14. The van der Waals surface area contributed by atoms with Gasteiger partial charge in [-0.2, -0.15) is 4.68 Å². The lowest BCUT2D eigenvalue weighted by molar-refractivity contribution is -0.136. The zero-order valence-electron chi connectivity index (χ0n) is 17.9. The van der Waals surface area contributed by atoms with Crippen LogP contribution in [0, 0.1) is 23.7 Å². The third kappa shape index (κ3) is 3.29. The maximum absolute atomic E-state index is 12.6. The Morgan fingerprint density at radius 1 is 1.16 bits per heavy atom. The number of aromatic nitrogens is 5. The summed E-state index contributed by atoms with van der Waals surface area (Å²) in [6.45, 7) is 5.97. The van der Waals surface area contributed by atoms with Crippen molar-refractivity contribution in [1.82, 2.24) is 35.0 Å². The van der Waals surface area contributed by atoms with Crippen molar-refractivity contribution in [3.8, 4) is 5.82 Å². The standard InChI is InChI=1S/C22H25N7O3/c1-13-18(11-32-22(13)31)28-8-15(6-20(28)30)21-16-9-27(10-17(16)21)5-4-14-2-3-19(23-7-14)29-12-24-25-26-29/h2-3,7,12,15-17,21H,4-6,8-11H2,1H3. The summed E-state index contributed by atoms with van der Waals surface area (Å²) in [5.41, 5.74) is 2.56. The van der Waals surface area contributed by atoms with Gasteiger partial charge in [-0.05, 0) is 59.1 Å². The molecule has 0 radical (unpaired) electrons. The van der Waals surface area contributed by atoms with Gasteiger partial charge in [-0.15, -0.1) is 5.10 Å². The number of cyclic esters (lactones) is 1. The fourth-order valence-electron chi connectivity index (χ4n) is 5.80. The molecule has 1 saturated carbocycles. The maximum atomic E-state index is 12.6. The van der Waals surface area contributed by atoms with Crippen LogP contribution in [0.3, 0.4) is 0 Å². The first-order valence-corrected chi connectivity index (χ1v) is 11.2. The van der Waals surface area contributed by atoms with Crippen LogP contribution in [-0.4, -0.2) is 79.7 Å². The van der Waals surface area contributed by atoms with Gasteiger partial charge in [0.05, 0.1) is 11.3 Å². The molecule has 6 rings (SSSR count). The van der Waals surface area contributed by atoms with Crippen LogP contribution < -0.4 is 0 Å². The van der Waals surface area contributed by atoms with Gasteiger partial charge in [0.25, 0.3) is 0 Å². The monoisotopic (exact) mass is 435 g/mol. The summed E-state index contributed by atoms with van der Waals surface area (Å²) in [4.78, 5) is 33.0. The van der Waals surface area contributed by atoms with Gasteiger partial charge in [0.15, 0.2) is 5.82 Å². The third-order valence-corrected chi connectivity index (χ3v) is 7.55. The van der Waals surface area contributed by atoms with Gasteiger partial charge in [-0.1, -0.05) is 6.07 Å². The molecule has 1 amide bonds. The summed E-state index contributed by atoms with van der Waals surface area (Å²) < 4.78 is 6.64. The van der Waals surface area contributed by atoms with Crippen molar-refractivity contribution in [3.63, 3.8) is 0 Å². The van der Waals surface area contributed by atoms with Gasteiger partial charge in [-0.3, -0.25) is 4.79 Å². The van der Waals surface area contributed by atoms with E-state index in [2.05, 4.69) is 31.5 Å². The normalized spacial score (nSPS) is 29.7.